The Morgan fingerprint density at radius 3 is 1.78 bits per heavy atom. The average Bonchev–Trinajstić information content (AvgIpc) is 3.37. The molecule has 5 aromatic heterocycles. The summed E-state index contributed by atoms with van der Waals surface area (Å²) in [6, 6.07) is 24.4. The van der Waals surface area contributed by atoms with Crippen molar-refractivity contribution in [1.82, 2.24) is 24.9 Å². The molecule has 0 aliphatic rings. The third kappa shape index (κ3) is 9.19. The van der Waals surface area contributed by atoms with Gasteiger partial charge in [0.05, 0.1) is 40.5 Å². The van der Waals surface area contributed by atoms with Gasteiger partial charge in [-0.25, -0.2) is 0 Å². The normalized spacial score (nSPS) is 9.17. The van der Waals surface area contributed by atoms with Gasteiger partial charge < -0.3 is 25.7 Å². The number of pyridine rings is 4. The molecule has 202 valence electrons. The number of hydrogen-bond donors (Lipinski definition) is 1. The third-order valence-corrected chi connectivity index (χ3v) is 5.24. The Kier molecular flexibility index (Phi) is 13.6. The summed E-state index contributed by atoms with van der Waals surface area (Å²) in [5.74, 6) is -1.21. The van der Waals surface area contributed by atoms with E-state index in [-0.39, 0.29) is 25.0 Å². The SMILES string of the molecule is O=C([O-])c1ccnc(-c2ccccn2)c1.[N-]=C=S.[N-]=C=S.[Ru+2].c1ccc(-c2cc3c(cn2)[nH]c2ccccc23)nc1. The molecule has 6 rings (SSSR count). The number of nitrogens with zero attached hydrogens (tertiary/aromatic N) is 6. The van der Waals surface area contributed by atoms with E-state index >= 15 is 0 Å². The van der Waals surface area contributed by atoms with Crippen molar-refractivity contribution < 1.29 is 29.4 Å². The number of carbonyl (C=O) groups is 1. The standard InChI is InChI=1S/C16H11N3.C11H8N2O2.2CNS.Ru/c1-2-6-13-11(5-1)12-9-15(18-10-16(12)19-13)14-7-3-4-8-17-14;14-11(15)8-4-6-13-10(7-8)9-3-1-2-5-12-9;2*2-1-3;/h1-10,19H;1-7H,(H,14,15);;;/q;;2*-1;+2/p-1. The molecule has 9 nitrogen and oxygen atoms in total. The van der Waals surface area contributed by atoms with Gasteiger partial charge in [0.25, 0.3) is 0 Å². The molecule has 0 aliphatic carbocycles. The topological polar surface area (TPSA) is 152 Å². The maximum absolute atomic E-state index is 10.6. The largest absolute Gasteiger partial charge is 2.00 e. The average molecular weight is 662 g/mol. The number of carboxylic acids is 1. The van der Waals surface area contributed by atoms with E-state index in [1.54, 1.807) is 24.5 Å². The fourth-order valence-electron chi connectivity index (χ4n) is 3.62. The van der Waals surface area contributed by atoms with Crippen LogP contribution in [0.3, 0.4) is 0 Å². The fourth-order valence-corrected chi connectivity index (χ4v) is 3.62. The third-order valence-electron chi connectivity index (χ3n) is 5.24. The van der Waals surface area contributed by atoms with Crippen LogP contribution in [-0.4, -0.2) is 41.2 Å². The molecule has 0 unspecified atom stereocenters. The Labute approximate surface area is 258 Å². The predicted octanol–water partition coefficient (Wildman–Crippen LogP) is 5.60. The van der Waals surface area contributed by atoms with E-state index in [4.69, 9.17) is 10.8 Å². The van der Waals surface area contributed by atoms with Crippen molar-refractivity contribution >= 4 is 62.5 Å². The molecule has 0 spiro atoms. The first-order valence-corrected chi connectivity index (χ1v) is 12.2. The first-order valence-electron chi connectivity index (χ1n) is 11.4. The molecule has 1 N–H and O–H groups in total. The van der Waals surface area contributed by atoms with E-state index in [2.05, 4.69) is 73.6 Å². The second-order valence-electron chi connectivity index (χ2n) is 7.62. The number of isothiocyanates is 2. The minimum absolute atomic E-state index is 0. The smallest absolute Gasteiger partial charge is 0.753 e. The van der Waals surface area contributed by atoms with E-state index in [0.717, 1.165) is 22.4 Å². The van der Waals surface area contributed by atoms with Crippen LogP contribution < -0.4 is 5.11 Å². The van der Waals surface area contributed by atoms with Crippen LogP contribution >= 0.6 is 24.4 Å². The predicted molar refractivity (Wildman–Crippen MR) is 161 cm³/mol. The van der Waals surface area contributed by atoms with Gasteiger partial charge in [-0.15, -0.1) is 0 Å². The molecule has 0 saturated carbocycles. The molecule has 0 aliphatic heterocycles. The van der Waals surface area contributed by atoms with Gasteiger partial charge in [0, 0.05) is 40.4 Å². The fraction of sp³-hybridized carbons (Fsp3) is 0. The Balaban J connectivity index is 0.000000241. The number of aromatic carboxylic acids is 1. The molecule has 0 bridgehead atoms. The molecule has 0 fully saturated rings. The molecular weight excluding hydrogens is 644 g/mol. The second-order valence-corrected chi connectivity index (χ2v) is 7.98. The van der Waals surface area contributed by atoms with Crippen molar-refractivity contribution in [2.24, 2.45) is 0 Å². The molecule has 41 heavy (non-hydrogen) atoms. The Morgan fingerprint density at radius 1 is 0.683 bits per heavy atom. The summed E-state index contributed by atoms with van der Waals surface area (Å²) in [7, 11) is 0. The van der Waals surface area contributed by atoms with Crippen LogP contribution in [0.5, 0.6) is 0 Å². The maximum Gasteiger partial charge on any atom is 2.00 e. The summed E-state index contributed by atoms with van der Waals surface area (Å²) in [6.45, 7) is 0. The van der Waals surface area contributed by atoms with Crippen LogP contribution in [0.25, 0.3) is 55.4 Å². The van der Waals surface area contributed by atoms with Gasteiger partial charge in [0.2, 0.25) is 0 Å². The van der Waals surface area contributed by atoms with E-state index in [1.165, 1.54) is 39.4 Å². The van der Waals surface area contributed by atoms with Crippen LogP contribution in [-0.2, 0) is 19.5 Å². The number of H-pyrrole nitrogens is 1. The van der Waals surface area contributed by atoms with Crippen LogP contribution in [0.4, 0.5) is 0 Å². The monoisotopic (exact) mass is 662 g/mol. The second kappa shape index (κ2) is 17.1. The van der Waals surface area contributed by atoms with Crippen molar-refractivity contribution in [2.75, 3.05) is 0 Å². The van der Waals surface area contributed by atoms with E-state index in [9.17, 15) is 9.90 Å². The zero-order chi connectivity index (χ0) is 28.7. The first-order chi connectivity index (χ1) is 19.5. The zero-order valence-electron chi connectivity index (χ0n) is 21.0. The molecule has 0 atom stereocenters. The number of thiocarbonyl (C=S) groups is 2. The summed E-state index contributed by atoms with van der Waals surface area (Å²) in [5, 5.41) is 30.0. The van der Waals surface area contributed by atoms with Gasteiger partial charge >= 0.3 is 19.5 Å². The number of carboxylic acid groups (broad SMARTS) is 1. The number of benzene rings is 1. The number of aromatic nitrogens is 5. The number of fused-ring (bicyclic) bond motifs is 3. The van der Waals surface area contributed by atoms with Gasteiger partial charge in [-0.05, 0) is 48.5 Å². The van der Waals surface area contributed by atoms with E-state index in [1.807, 2.05) is 36.5 Å². The zero-order valence-corrected chi connectivity index (χ0v) is 24.4. The first kappa shape index (κ1) is 32.5. The molecular formula is C29H18N7O2RuS2-. The van der Waals surface area contributed by atoms with Crippen LogP contribution in [0, 0.1) is 0 Å². The number of carbonyl (C=O) groups excluding carboxylic acids is 1. The Morgan fingerprint density at radius 2 is 1.22 bits per heavy atom. The molecule has 5 heterocycles. The van der Waals surface area contributed by atoms with Crippen molar-refractivity contribution in [3.63, 3.8) is 0 Å². The quantitative estimate of drug-likeness (QED) is 0.146. The number of aromatic amines is 1. The summed E-state index contributed by atoms with van der Waals surface area (Å²) in [5.41, 5.74) is 5.26. The minimum atomic E-state index is -1.21. The summed E-state index contributed by atoms with van der Waals surface area (Å²) in [4.78, 5) is 30.9. The van der Waals surface area contributed by atoms with Gasteiger partial charge in [-0.3, -0.25) is 19.9 Å². The number of rotatable bonds is 3. The van der Waals surface area contributed by atoms with Gasteiger partial charge in [-0.1, -0.05) is 54.8 Å². The van der Waals surface area contributed by atoms with E-state index in [0.29, 0.717) is 11.4 Å². The van der Waals surface area contributed by atoms with Crippen molar-refractivity contribution in [3.8, 4) is 22.8 Å². The van der Waals surface area contributed by atoms with Crippen molar-refractivity contribution in [1.29, 1.82) is 0 Å². The van der Waals surface area contributed by atoms with Crippen LogP contribution in [0.15, 0.2) is 104 Å². The van der Waals surface area contributed by atoms with Crippen molar-refractivity contribution in [3.05, 3.63) is 120 Å². The van der Waals surface area contributed by atoms with E-state index < -0.39 is 5.97 Å². The molecule has 0 amide bonds. The van der Waals surface area contributed by atoms with Crippen molar-refractivity contribution in [2.45, 2.75) is 0 Å². The number of hydrogen-bond acceptors (Lipinski definition) is 8. The Bertz CT molecular complexity index is 1780. The van der Waals surface area contributed by atoms with Gasteiger partial charge in [0.1, 0.15) is 0 Å². The minimum Gasteiger partial charge on any atom is -0.753 e. The molecule has 6 aromatic rings. The molecule has 0 radical (unpaired) electrons. The molecule has 12 heteroatoms. The molecule has 1 aromatic carbocycles. The Hall–Kier alpha value is -4.69. The summed E-state index contributed by atoms with van der Waals surface area (Å²) >= 11 is 7.40. The maximum atomic E-state index is 10.6. The number of nitrogens with one attached hydrogen (secondary N) is 1. The summed E-state index contributed by atoms with van der Waals surface area (Å²) < 4.78 is 0. The molecule has 0 saturated heterocycles. The summed E-state index contributed by atoms with van der Waals surface area (Å²) in [6.07, 6.45) is 6.72. The van der Waals surface area contributed by atoms with Gasteiger partial charge in [-0.2, -0.15) is 10.3 Å². The van der Waals surface area contributed by atoms with Gasteiger partial charge in [0.15, 0.2) is 0 Å². The van der Waals surface area contributed by atoms with Crippen LogP contribution in [0.1, 0.15) is 10.4 Å². The van der Waals surface area contributed by atoms with Crippen LogP contribution in [0.2, 0.25) is 0 Å². The number of para-hydroxylation sites is 1.